The zero-order chi connectivity index (χ0) is 8.97. The number of hydrogen-bond acceptors (Lipinski definition) is 3. The van der Waals surface area contributed by atoms with Gasteiger partial charge in [0.25, 0.3) is 0 Å². The normalized spacial score (nSPS) is 24.8. The Hall–Kier alpha value is -0.770. The molecule has 0 radical (unpaired) electrons. The second kappa shape index (κ2) is 4.30. The largest absolute Gasteiger partial charge is 0.453 e. The fourth-order valence-corrected chi connectivity index (χ4v) is 1.29. The first kappa shape index (κ1) is 9.32. The van der Waals surface area contributed by atoms with E-state index in [0.717, 1.165) is 19.6 Å². The maximum absolute atomic E-state index is 11.1. The van der Waals surface area contributed by atoms with Crippen molar-refractivity contribution in [2.24, 2.45) is 0 Å². The Morgan fingerprint density at radius 3 is 3.08 bits per heavy atom. The number of amides is 1. The Labute approximate surface area is 72.4 Å². The van der Waals surface area contributed by atoms with Gasteiger partial charge in [-0.2, -0.15) is 0 Å². The van der Waals surface area contributed by atoms with Gasteiger partial charge in [0.1, 0.15) is 0 Å². The smallest absolute Gasteiger partial charge is 0.409 e. The molecule has 1 aliphatic heterocycles. The van der Waals surface area contributed by atoms with Crippen molar-refractivity contribution in [2.45, 2.75) is 19.4 Å². The molecule has 0 aromatic rings. The maximum Gasteiger partial charge on any atom is 0.409 e. The summed E-state index contributed by atoms with van der Waals surface area (Å²) in [5.41, 5.74) is 0. The molecule has 0 aliphatic carbocycles. The molecule has 0 aromatic carbocycles. The molecule has 1 rings (SSSR count). The van der Waals surface area contributed by atoms with Gasteiger partial charge in [-0.3, -0.25) is 0 Å². The summed E-state index contributed by atoms with van der Waals surface area (Å²) >= 11 is 0. The number of carbonyl (C=O) groups is 1. The minimum absolute atomic E-state index is 0.117. The Bertz CT molecular complexity index is 160. The topological polar surface area (TPSA) is 38.8 Å². The van der Waals surface area contributed by atoms with Gasteiger partial charge in [-0.1, -0.05) is 0 Å². The van der Waals surface area contributed by atoms with Gasteiger partial charge in [-0.05, 0) is 13.3 Å². The molecule has 4 heteroatoms. The zero-order valence-corrected chi connectivity index (χ0v) is 7.58. The molecule has 0 aromatic heterocycles. The van der Waals surface area contributed by atoms with Gasteiger partial charge in [0.05, 0.1) is 13.2 Å². The summed E-state index contributed by atoms with van der Waals surface area (Å²) in [6.45, 7) is 4.06. The van der Waals surface area contributed by atoms with E-state index in [1.165, 1.54) is 7.11 Å². The number of ether oxygens (including phenoxy) is 2. The third-order valence-corrected chi connectivity index (χ3v) is 1.89. The van der Waals surface area contributed by atoms with E-state index in [1.807, 2.05) is 6.92 Å². The first-order chi connectivity index (χ1) is 5.74. The van der Waals surface area contributed by atoms with Gasteiger partial charge >= 0.3 is 6.09 Å². The van der Waals surface area contributed by atoms with Crippen LogP contribution < -0.4 is 0 Å². The molecule has 1 heterocycles. The predicted octanol–water partition coefficient (Wildman–Crippen LogP) is 0.864. The van der Waals surface area contributed by atoms with E-state index in [9.17, 15) is 4.79 Å². The van der Waals surface area contributed by atoms with Crippen LogP contribution in [-0.4, -0.2) is 43.9 Å². The average molecular weight is 173 g/mol. The average Bonchev–Trinajstić information content (AvgIpc) is 2.28. The summed E-state index contributed by atoms with van der Waals surface area (Å²) in [5, 5.41) is 0. The monoisotopic (exact) mass is 173 g/mol. The molecule has 0 spiro atoms. The minimum atomic E-state index is -0.257. The molecule has 1 atom stereocenters. The van der Waals surface area contributed by atoms with E-state index in [-0.39, 0.29) is 12.2 Å². The van der Waals surface area contributed by atoms with Crippen LogP contribution in [0.5, 0.6) is 0 Å². The first-order valence-corrected chi connectivity index (χ1v) is 4.18. The lowest BCUT2D eigenvalue weighted by Crippen LogP contribution is -2.35. The second-order valence-corrected chi connectivity index (χ2v) is 2.95. The number of methoxy groups -OCH3 is 1. The van der Waals surface area contributed by atoms with E-state index < -0.39 is 0 Å². The highest BCUT2D eigenvalue weighted by Gasteiger charge is 2.19. The number of hydrogen-bond donors (Lipinski definition) is 0. The van der Waals surface area contributed by atoms with Crippen LogP contribution in [0.2, 0.25) is 0 Å². The lowest BCUT2D eigenvalue weighted by atomic mass is 10.4. The van der Waals surface area contributed by atoms with E-state index >= 15 is 0 Å². The molecule has 1 fully saturated rings. The molecule has 4 nitrogen and oxygen atoms in total. The summed E-state index contributed by atoms with van der Waals surface area (Å²) in [5.74, 6) is 0. The molecular weight excluding hydrogens is 158 g/mol. The highest BCUT2D eigenvalue weighted by atomic mass is 16.5. The third kappa shape index (κ3) is 2.37. The molecule has 12 heavy (non-hydrogen) atoms. The predicted molar refractivity (Wildman–Crippen MR) is 44.0 cm³/mol. The Morgan fingerprint density at radius 2 is 2.42 bits per heavy atom. The van der Waals surface area contributed by atoms with Gasteiger partial charge in [0.15, 0.2) is 0 Å². The maximum atomic E-state index is 11.1. The molecule has 1 saturated heterocycles. The van der Waals surface area contributed by atoms with Crippen molar-refractivity contribution >= 4 is 6.09 Å². The highest BCUT2D eigenvalue weighted by molar-refractivity contribution is 5.67. The fraction of sp³-hybridized carbons (Fsp3) is 0.875. The molecule has 1 aliphatic rings. The van der Waals surface area contributed by atoms with Crippen LogP contribution in [0.15, 0.2) is 0 Å². The summed E-state index contributed by atoms with van der Waals surface area (Å²) < 4.78 is 10.0. The number of rotatable bonds is 0. The van der Waals surface area contributed by atoms with Crippen molar-refractivity contribution in [2.75, 3.05) is 26.8 Å². The summed E-state index contributed by atoms with van der Waals surface area (Å²) in [4.78, 5) is 12.8. The van der Waals surface area contributed by atoms with Gasteiger partial charge in [0.2, 0.25) is 0 Å². The van der Waals surface area contributed by atoms with Crippen molar-refractivity contribution in [3.05, 3.63) is 0 Å². The SMILES string of the molecule is COC(=O)N1CCCOC(C)C1. The van der Waals surface area contributed by atoms with Gasteiger partial charge in [-0.25, -0.2) is 4.79 Å². The van der Waals surface area contributed by atoms with Crippen LogP contribution in [-0.2, 0) is 9.47 Å². The van der Waals surface area contributed by atoms with Crippen molar-refractivity contribution in [1.29, 1.82) is 0 Å². The highest BCUT2D eigenvalue weighted by Crippen LogP contribution is 2.05. The molecule has 1 amide bonds. The molecular formula is C8H15NO3. The first-order valence-electron chi connectivity index (χ1n) is 4.18. The number of carbonyl (C=O) groups excluding carboxylic acids is 1. The standard InChI is InChI=1S/C8H15NO3/c1-7-6-9(8(10)11-2)4-3-5-12-7/h7H,3-6H2,1-2H3. The van der Waals surface area contributed by atoms with Crippen molar-refractivity contribution in [3.63, 3.8) is 0 Å². The van der Waals surface area contributed by atoms with Crippen LogP contribution in [0.4, 0.5) is 4.79 Å². The van der Waals surface area contributed by atoms with E-state index in [0.29, 0.717) is 6.54 Å². The third-order valence-electron chi connectivity index (χ3n) is 1.89. The lowest BCUT2D eigenvalue weighted by molar-refractivity contribution is 0.0636. The summed E-state index contributed by atoms with van der Waals surface area (Å²) in [7, 11) is 1.40. The van der Waals surface area contributed by atoms with Crippen molar-refractivity contribution < 1.29 is 14.3 Å². The van der Waals surface area contributed by atoms with Crippen LogP contribution in [0.3, 0.4) is 0 Å². The Balaban J connectivity index is 2.46. The number of nitrogens with zero attached hydrogens (tertiary/aromatic N) is 1. The van der Waals surface area contributed by atoms with Gasteiger partial charge in [0, 0.05) is 19.7 Å². The quantitative estimate of drug-likeness (QED) is 0.545. The van der Waals surface area contributed by atoms with Crippen LogP contribution in [0.25, 0.3) is 0 Å². The Morgan fingerprint density at radius 1 is 1.67 bits per heavy atom. The molecule has 0 bridgehead atoms. The van der Waals surface area contributed by atoms with Crippen molar-refractivity contribution in [1.82, 2.24) is 4.90 Å². The van der Waals surface area contributed by atoms with E-state index in [2.05, 4.69) is 4.74 Å². The second-order valence-electron chi connectivity index (χ2n) is 2.95. The minimum Gasteiger partial charge on any atom is -0.453 e. The molecule has 70 valence electrons. The molecule has 0 saturated carbocycles. The molecule has 1 unspecified atom stereocenters. The Kier molecular flexibility index (Phi) is 3.34. The van der Waals surface area contributed by atoms with E-state index in [1.54, 1.807) is 4.90 Å². The fourth-order valence-electron chi connectivity index (χ4n) is 1.29. The zero-order valence-electron chi connectivity index (χ0n) is 7.58. The van der Waals surface area contributed by atoms with Crippen LogP contribution >= 0.6 is 0 Å². The molecule has 0 N–H and O–H groups in total. The van der Waals surface area contributed by atoms with Crippen LogP contribution in [0.1, 0.15) is 13.3 Å². The van der Waals surface area contributed by atoms with Gasteiger partial charge in [-0.15, -0.1) is 0 Å². The summed E-state index contributed by atoms with van der Waals surface area (Å²) in [6, 6.07) is 0. The van der Waals surface area contributed by atoms with Crippen LogP contribution in [0, 0.1) is 0 Å². The van der Waals surface area contributed by atoms with Gasteiger partial charge < -0.3 is 14.4 Å². The summed E-state index contributed by atoms with van der Waals surface area (Å²) in [6.07, 6.45) is 0.748. The van der Waals surface area contributed by atoms with Crippen molar-refractivity contribution in [3.8, 4) is 0 Å². The lowest BCUT2D eigenvalue weighted by Gasteiger charge is -2.19. The van der Waals surface area contributed by atoms with E-state index in [4.69, 9.17) is 4.74 Å².